The van der Waals surface area contributed by atoms with Crippen molar-refractivity contribution >= 4 is 11.7 Å². The van der Waals surface area contributed by atoms with Gasteiger partial charge < -0.3 is 10.2 Å². The number of carbonyl (C=O) groups excluding carboxylic acids is 1. The topological polar surface area (TPSA) is 32.3 Å². The molecular weight excluding hydrogens is 248 g/mol. The Morgan fingerprint density at radius 3 is 2.50 bits per heavy atom. The van der Waals surface area contributed by atoms with Gasteiger partial charge in [0.1, 0.15) is 0 Å². The summed E-state index contributed by atoms with van der Waals surface area (Å²) >= 11 is 0. The maximum absolute atomic E-state index is 12.2. The lowest BCUT2D eigenvalue weighted by atomic mass is 10.1. The summed E-state index contributed by atoms with van der Waals surface area (Å²) < 4.78 is 0. The monoisotopic (exact) mass is 268 g/mol. The zero-order valence-electron chi connectivity index (χ0n) is 12.2. The highest BCUT2D eigenvalue weighted by Gasteiger charge is 2.10. The summed E-state index contributed by atoms with van der Waals surface area (Å²) in [5.74, 6) is 0. The minimum absolute atomic E-state index is 0.0949. The number of anilines is 1. The van der Waals surface area contributed by atoms with E-state index in [1.54, 1.807) is 11.9 Å². The molecule has 0 radical (unpaired) electrons. The molecule has 0 aliphatic heterocycles. The van der Waals surface area contributed by atoms with Crippen LogP contribution in [-0.4, -0.2) is 18.0 Å². The van der Waals surface area contributed by atoms with Crippen molar-refractivity contribution in [3.05, 3.63) is 65.2 Å². The Bertz CT molecular complexity index is 593. The number of hydrogen-bond donors (Lipinski definition) is 1. The summed E-state index contributed by atoms with van der Waals surface area (Å²) in [7, 11) is 1.80. The molecule has 0 unspecified atom stereocenters. The van der Waals surface area contributed by atoms with E-state index in [9.17, 15) is 4.79 Å². The summed E-state index contributed by atoms with van der Waals surface area (Å²) in [5.41, 5.74) is 4.19. The van der Waals surface area contributed by atoms with Gasteiger partial charge in [-0.05, 0) is 36.6 Å². The van der Waals surface area contributed by atoms with Gasteiger partial charge in [0, 0.05) is 19.3 Å². The van der Waals surface area contributed by atoms with Crippen LogP contribution in [0.5, 0.6) is 0 Å². The number of hydrogen-bond acceptors (Lipinski definition) is 1. The highest BCUT2D eigenvalue weighted by molar-refractivity contribution is 5.90. The predicted molar refractivity (Wildman–Crippen MR) is 82.8 cm³/mol. The quantitative estimate of drug-likeness (QED) is 0.897. The number of benzene rings is 2. The maximum Gasteiger partial charge on any atom is 0.321 e. The third-order valence-electron chi connectivity index (χ3n) is 3.24. The largest absolute Gasteiger partial charge is 0.323 e. The highest BCUT2D eigenvalue weighted by Crippen LogP contribution is 2.17. The van der Waals surface area contributed by atoms with Crippen LogP contribution in [0, 0.1) is 13.8 Å². The molecule has 1 N–H and O–H groups in total. The second-order valence-electron chi connectivity index (χ2n) is 5.09. The molecule has 2 amide bonds. The zero-order chi connectivity index (χ0) is 14.5. The molecule has 0 saturated heterocycles. The van der Waals surface area contributed by atoms with Gasteiger partial charge in [-0.15, -0.1) is 0 Å². The van der Waals surface area contributed by atoms with Gasteiger partial charge >= 0.3 is 6.03 Å². The SMILES string of the molecule is Cc1ccc(C)c(NC(=O)N(C)Cc2ccccc2)c1. The first-order valence-electron chi connectivity index (χ1n) is 6.69. The minimum atomic E-state index is -0.0949. The number of nitrogens with zero attached hydrogens (tertiary/aromatic N) is 1. The van der Waals surface area contributed by atoms with Crippen molar-refractivity contribution in [1.82, 2.24) is 4.90 Å². The van der Waals surface area contributed by atoms with Crippen LogP contribution in [0.1, 0.15) is 16.7 Å². The van der Waals surface area contributed by atoms with Crippen molar-refractivity contribution in [2.75, 3.05) is 12.4 Å². The van der Waals surface area contributed by atoms with Crippen LogP contribution < -0.4 is 5.32 Å². The summed E-state index contributed by atoms with van der Waals surface area (Å²) in [6, 6.07) is 15.9. The second kappa shape index (κ2) is 6.24. The van der Waals surface area contributed by atoms with Crippen LogP contribution in [0.3, 0.4) is 0 Å². The van der Waals surface area contributed by atoms with Crippen molar-refractivity contribution in [3.8, 4) is 0 Å². The van der Waals surface area contributed by atoms with Crippen molar-refractivity contribution < 1.29 is 4.79 Å². The molecule has 0 spiro atoms. The van der Waals surface area contributed by atoms with Gasteiger partial charge in [-0.25, -0.2) is 4.79 Å². The molecule has 0 saturated carbocycles. The van der Waals surface area contributed by atoms with E-state index in [2.05, 4.69) is 5.32 Å². The number of carbonyl (C=O) groups is 1. The molecule has 2 aromatic rings. The van der Waals surface area contributed by atoms with Crippen molar-refractivity contribution in [2.45, 2.75) is 20.4 Å². The Morgan fingerprint density at radius 2 is 1.80 bits per heavy atom. The highest BCUT2D eigenvalue weighted by atomic mass is 16.2. The molecule has 0 atom stereocenters. The minimum Gasteiger partial charge on any atom is -0.323 e. The normalized spacial score (nSPS) is 10.2. The van der Waals surface area contributed by atoms with E-state index < -0.39 is 0 Å². The molecule has 2 rings (SSSR count). The molecule has 20 heavy (non-hydrogen) atoms. The van der Waals surface area contributed by atoms with Crippen LogP contribution in [0.25, 0.3) is 0 Å². The molecular formula is C17H20N2O. The van der Waals surface area contributed by atoms with Gasteiger partial charge in [-0.2, -0.15) is 0 Å². The Balaban J connectivity index is 2.02. The van der Waals surface area contributed by atoms with E-state index in [1.807, 2.05) is 62.4 Å². The van der Waals surface area contributed by atoms with Crippen LogP contribution in [0.4, 0.5) is 10.5 Å². The van der Waals surface area contributed by atoms with Gasteiger partial charge in [-0.1, -0.05) is 42.5 Å². The van der Waals surface area contributed by atoms with E-state index in [-0.39, 0.29) is 6.03 Å². The van der Waals surface area contributed by atoms with Gasteiger partial charge in [0.15, 0.2) is 0 Å². The molecule has 3 heteroatoms. The lowest BCUT2D eigenvalue weighted by Crippen LogP contribution is -2.31. The van der Waals surface area contributed by atoms with E-state index in [0.29, 0.717) is 6.54 Å². The second-order valence-corrected chi connectivity index (χ2v) is 5.09. The molecule has 0 aliphatic carbocycles. The van der Waals surface area contributed by atoms with E-state index >= 15 is 0 Å². The van der Waals surface area contributed by atoms with Gasteiger partial charge in [-0.3, -0.25) is 0 Å². The first-order chi connectivity index (χ1) is 9.56. The molecule has 0 heterocycles. The maximum atomic E-state index is 12.2. The van der Waals surface area contributed by atoms with E-state index in [1.165, 1.54) is 0 Å². The fraction of sp³-hybridized carbons (Fsp3) is 0.235. The van der Waals surface area contributed by atoms with Gasteiger partial charge in [0.2, 0.25) is 0 Å². The third kappa shape index (κ3) is 3.60. The van der Waals surface area contributed by atoms with E-state index in [4.69, 9.17) is 0 Å². The molecule has 104 valence electrons. The fourth-order valence-corrected chi connectivity index (χ4v) is 2.01. The number of rotatable bonds is 3. The lowest BCUT2D eigenvalue weighted by Gasteiger charge is -2.19. The molecule has 0 aliphatic rings. The van der Waals surface area contributed by atoms with E-state index in [0.717, 1.165) is 22.4 Å². The molecule has 3 nitrogen and oxygen atoms in total. The molecule has 0 bridgehead atoms. The number of nitrogens with one attached hydrogen (secondary N) is 1. The van der Waals surface area contributed by atoms with Crippen LogP contribution in [0.2, 0.25) is 0 Å². The molecule has 0 fully saturated rings. The number of urea groups is 1. The Labute approximate surface area is 120 Å². The van der Waals surface area contributed by atoms with Crippen LogP contribution in [-0.2, 0) is 6.54 Å². The number of amides is 2. The summed E-state index contributed by atoms with van der Waals surface area (Å²) in [6.45, 7) is 4.60. The smallest absolute Gasteiger partial charge is 0.321 e. The van der Waals surface area contributed by atoms with Gasteiger partial charge in [0.05, 0.1) is 0 Å². The summed E-state index contributed by atoms with van der Waals surface area (Å²) in [6.07, 6.45) is 0. The van der Waals surface area contributed by atoms with Gasteiger partial charge in [0.25, 0.3) is 0 Å². The predicted octanol–water partition coefficient (Wildman–Crippen LogP) is 3.97. The zero-order valence-corrected chi connectivity index (χ0v) is 12.2. The average Bonchev–Trinajstić information content (AvgIpc) is 2.44. The molecule has 0 aromatic heterocycles. The van der Waals surface area contributed by atoms with Crippen molar-refractivity contribution in [3.63, 3.8) is 0 Å². The first-order valence-corrected chi connectivity index (χ1v) is 6.69. The first kappa shape index (κ1) is 14.1. The standard InChI is InChI=1S/C17H20N2O/c1-13-9-10-14(2)16(11-13)18-17(20)19(3)12-15-7-5-4-6-8-15/h4-11H,12H2,1-3H3,(H,18,20). The summed E-state index contributed by atoms with van der Waals surface area (Å²) in [5, 5.41) is 2.96. The van der Waals surface area contributed by atoms with Crippen molar-refractivity contribution in [2.24, 2.45) is 0 Å². The van der Waals surface area contributed by atoms with Crippen LogP contribution in [0.15, 0.2) is 48.5 Å². The fourth-order valence-electron chi connectivity index (χ4n) is 2.01. The summed E-state index contributed by atoms with van der Waals surface area (Å²) in [4.78, 5) is 13.9. The average molecular weight is 268 g/mol. The number of aryl methyl sites for hydroxylation is 2. The lowest BCUT2D eigenvalue weighted by molar-refractivity contribution is 0.220. The third-order valence-corrected chi connectivity index (χ3v) is 3.24. The van der Waals surface area contributed by atoms with Crippen molar-refractivity contribution in [1.29, 1.82) is 0 Å². The Kier molecular flexibility index (Phi) is 4.41. The molecule has 2 aromatic carbocycles. The van der Waals surface area contributed by atoms with Crippen LogP contribution >= 0.6 is 0 Å². The Hall–Kier alpha value is -2.29. The Morgan fingerprint density at radius 1 is 1.10 bits per heavy atom.